The van der Waals surface area contributed by atoms with Crippen LogP contribution in [0.4, 0.5) is 5.88 Å². The van der Waals surface area contributed by atoms with E-state index in [0.29, 0.717) is 12.3 Å². The SMILES string of the molecule is CCC[CH2][Sn](/[CH]=C(/CC(=O)Nc1ccco1)c1ccccc1)([CH2]CCC)[CH2]CCC. The molecule has 4 heteroatoms. The van der Waals surface area contributed by atoms with Crippen LogP contribution in [0.3, 0.4) is 0 Å². The van der Waals surface area contributed by atoms with Crippen molar-refractivity contribution in [3.05, 3.63) is 58.4 Å². The molecule has 0 saturated heterocycles. The van der Waals surface area contributed by atoms with E-state index >= 15 is 0 Å². The number of furan rings is 1. The summed E-state index contributed by atoms with van der Waals surface area (Å²) in [5.74, 6) is 0.520. The zero-order chi connectivity index (χ0) is 21.7. The van der Waals surface area contributed by atoms with Crippen LogP contribution in [-0.2, 0) is 4.79 Å². The van der Waals surface area contributed by atoms with Gasteiger partial charge in [0.2, 0.25) is 0 Å². The maximum atomic E-state index is 12.8. The second-order valence-electron chi connectivity index (χ2n) is 8.41. The average molecular weight is 516 g/mol. The molecule has 0 unspecified atom stereocenters. The Morgan fingerprint density at radius 3 is 2.00 bits per heavy atom. The number of hydrogen-bond acceptors (Lipinski definition) is 2. The summed E-state index contributed by atoms with van der Waals surface area (Å²) in [5, 5.41) is 2.91. The molecule has 0 bridgehead atoms. The molecule has 1 amide bonds. The molecule has 0 spiro atoms. The molecule has 0 fully saturated rings. The van der Waals surface area contributed by atoms with E-state index in [-0.39, 0.29) is 5.91 Å². The third kappa shape index (κ3) is 8.33. The van der Waals surface area contributed by atoms with Crippen LogP contribution in [0, 0.1) is 0 Å². The molecule has 0 aliphatic rings. The fourth-order valence-corrected chi connectivity index (χ4v) is 19.4. The van der Waals surface area contributed by atoms with Crippen molar-refractivity contribution < 1.29 is 9.21 Å². The van der Waals surface area contributed by atoms with Crippen LogP contribution in [0.25, 0.3) is 5.57 Å². The first-order valence-corrected chi connectivity index (χ1v) is 19.4. The van der Waals surface area contributed by atoms with Crippen LogP contribution < -0.4 is 5.32 Å². The fourth-order valence-electron chi connectivity index (χ4n) is 4.14. The van der Waals surface area contributed by atoms with E-state index in [4.69, 9.17) is 4.42 Å². The first-order chi connectivity index (χ1) is 14.6. The molecule has 0 aliphatic carbocycles. The fraction of sp³-hybridized carbons (Fsp3) is 0.500. The predicted octanol–water partition coefficient (Wildman–Crippen LogP) is 8.08. The van der Waals surface area contributed by atoms with E-state index in [2.05, 4.69) is 54.4 Å². The van der Waals surface area contributed by atoms with Crippen LogP contribution in [0.2, 0.25) is 13.3 Å². The zero-order valence-electron chi connectivity index (χ0n) is 19.1. The summed E-state index contributed by atoms with van der Waals surface area (Å²) >= 11 is -2.53. The Bertz CT molecular complexity index is 731. The van der Waals surface area contributed by atoms with Crippen molar-refractivity contribution in [2.24, 2.45) is 0 Å². The first-order valence-electron chi connectivity index (χ1n) is 11.7. The summed E-state index contributed by atoms with van der Waals surface area (Å²) in [6, 6.07) is 14.1. The quantitative estimate of drug-likeness (QED) is 0.258. The summed E-state index contributed by atoms with van der Waals surface area (Å²) < 4.78 is 12.2. The van der Waals surface area contributed by atoms with Gasteiger partial charge in [-0.25, -0.2) is 0 Å². The Kier molecular flexibility index (Phi) is 11.3. The summed E-state index contributed by atoms with van der Waals surface area (Å²) in [4.78, 5) is 12.8. The van der Waals surface area contributed by atoms with Crippen LogP contribution in [0.15, 0.2) is 57.2 Å². The Labute approximate surface area is 187 Å². The number of carbonyl (C=O) groups excluding carboxylic acids is 1. The molecule has 1 heterocycles. The van der Waals surface area contributed by atoms with E-state index in [9.17, 15) is 4.79 Å². The van der Waals surface area contributed by atoms with Gasteiger partial charge in [0.15, 0.2) is 0 Å². The molecule has 2 rings (SSSR count). The molecular formula is C26H39NO2Sn. The molecule has 1 N–H and O–H groups in total. The van der Waals surface area contributed by atoms with Gasteiger partial charge in [-0.3, -0.25) is 0 Å². The predicted molar refractivity (Wildman–Crippen MR) is 131 cm³/mol. The van der Waals surface area contributed by atoms with Crippen molar-refractivity contribution >= 4 is 35.7 Å². The molecule has 3 nitrogen and oxygen atoms in total. The molecule has 30 heavy (non-hydrogen) atoms. The summed E-state index contributed by atoms with van der Waals surface area (Å²) in [7, 11) is 0. The van der Waals surface area contributed by atoms with Crippen molar-refractivity contribution in [3.63, 3.8) is 0 Å². The topological polar surface area (TPSA) is 42.2 Å². The number of hydrogen-bond donors (Lipinski definition) is 1. The number of amides is 1. The van der Waals surface area contributed by atoms with Crippen LogP contribution in [-0.4, -0.2) is 24.3 Å². The molecule has 0 aliphatic heterocycles. The molecule has 0 atom stereocenters. The monoisotopic (exact) mass is 517 g/mol. The molecule has 1 aromatic carbocycles. The standard InChI is InChI=1S/C14H12NO2.3C4H9.Sn/c1-11(12-6-3-2-4-7-12)10-13(16)15-14-8-5-9-17-14;3*1-3-4-2;/h1-9H,10H2,(H,15,16);3*1,3-4H2,2H3;. The van der Waals surface area contributed by atoms with Crippen LogP contribution in [0.5, 0.6) is 0 Å². The number of anilines is 1. The number of unbranched alkanes of at least 4 members (excludes halogenated alkanes) is 3. The average Bonchev–Trinajstić information content (AvgIpc) is 3.27. The van der Waals surface area contributed by atoms with E-state index in [1.807, 2.05) is 6.07 Å². The van der Waals surface area contributed by atoms with Gasteiger partial charge in [0.1, 0.15) is 0 Å². The van der Waals surface area contributed by atoms with Gasteiger partial charge >= 0.3 is 188 Å². The third-order valence-electron chi connectivity index (χ3n) is 5.84. The van der Waals surface area contributed by atoms with E-state index in [1.165, 1.54) is 63.0 Å². The van der Waals surface area contributed by atoms with Crippen molar-refractivity contribution in [3.8, 4) is 0 Å². The Hall–Kier alpha value is -1.49. The van der Waals surface area contributed by atoms with Gasteiger partial charge in [-0.05, 0) is 0 Å². The van der Waals surface area contributed by atoms with Crippen molar-refractivity contribution in [2.75, 3.05) is 5.32 Å². The molecular weight excluding hydrogens is 477 g/mol. The molecule has 2 aromatic rings. The molecule has 0 radical (unpaired) electrons. The van der Waals surface area contributed by atoms with Crippen LogP contribution in [0.1, 0.15) is 71.3 Å². The van der Waals surface area contributed by atoms with Crippen molar-refractivity contribution in [1.82, 2.24) is 0 Å². The first kappa shape index (κ1) is 24.8. The number of benzene rings is 1. The van der Waals surface area contributed by atoms with Crippen molar-refractivity contribution in [2.45, 2.75) is 79.0 Å². The minimum absolute atomic E-state index is 0.00159. The Morgan fingerprint density at radius 1 is 0.900 bits per heavy atom. The Morgan fingerprint density at radius 2 is 1.50 bits per heavy atom. The number of carbonyl (C=O) groups is 1. The Balaban J connectivity index is 2.37. The zero-order valence-corrected chi connectivity index (χ0v) is 21.9. The van der Waals surface area contributed by atoms with Gasteiger partial charge < -0.3 is 0 Å². The van der Waals surface area contributed by atoms with E-state index in [0.717, 1.165) is 0 Å². The van der Waals surface area contributed by atoms with Gasteiger partial charge in [0.05, 0.1) is 0 Å². The third-order valence-corrected chi connectivity index (χ3v) is 20.1. The van der Waals surface area contributed by atoms with Gasteiger partial charge in [-0.15, -0.1) is 0 Å². The van der Waals surface area contributed by atoms with Gasteiger partial charge in [-0.2, -0.15) is 0 Å². The number of nitrogens with one attached hydrogen (secondary N) is 1. The van der Waals surface area contributed by atoms with Gasteiger partial charge in [0, 0.05) is 0 Å². The van der Waals surface area contributed by atoms with Crippen molar-refractivity contribution in [1.29, 1.82) is 0 Å². The second-order valence-corrected chi connectivity index (χ2v) is 21.3. The maximum absolute atomic E-state index is 12.8. The van der Waals surface area contributed by atoms with E-state index < -0.39 is 18.4 Å². The summed E-state index contributed by atoms with van der Waals surface area (Å²) in [5.41, 5.74) is 2.41. The normalized spacial score (nSPS) is 12.2. The van der Waals surface area contributed by atoms with Gasteiger partial charge in [-0.1, -0.05) is 0 Å². The van der Waals surface area contributed by atoms with Gasteiger partial charge in [0.25, 0.3) is 0 Å². The summed E-state index contributed by atoms with van der Waals surface area (Å²) in [6.45, 7) is 6.90. The molecule has 1 aromatic heterocycles. The van der Waals surface area contributed by atoms with Crippen LogP contribution >= 0.6 is 0 Å². The second kappa shape index (κ2) is 13.7. The molecule has 0 saturated carbocycles. The molecule has 164 valence electrons. The number of rotatable bonds is 14. The minimum atomic E-state index is -2.53. The summed E-state index contributed by atoms with van der Waals surface area (Å²) in [6.07, 6.45) is 9.72. The van der Waals surface area contributed by atoms with E-state index in [1.54, 1.807) is 18.4 Å².